The van der Waals surface area contributed by atoms with E-state index in [1.807, 2.05) is 0 Å². The van der Waals surface area contributed by atoms with Crippen LogP contribution in [0, 0.1) is 0 Å². The molecule has 0 aliphatic rings. The maximum atomic E-state index is 10.8. The largest absolute Gasteiger partial charge is 0.480 e. The predicted molar refractivity (Wildman–Crippen MR) is 62.0 cm³/mol. The topological polar surface area (TPSA) is 40.5 Å². The van der Waals surface area contributed by atoms with Crippen LogP contribution in [0.3, 0.4) is 0 Å². The first-order valence-corrected chi connectivity index (χ1v) is 5.09. The first-order valence-electron chi connectivity index (χ1n) is 4.33. The minimum Gasteiger partial charge on any atom is -0.480 e. The lowest BCUT2D eigenvalue weighted by Crippen LogP contribution is -2.35. The summed E-state index contributed by atoms with van der Waals surface area (Å²) in [6, 6.07) is 4.32. The second-order valence-electron chi connectivity index (χ2n) is 3.25. The van der Waals surface area contributed by atoms with Crippen molar-refractivity contribution >= 4 is 34.9 Å². The molecule has 0 aromatic heterocycles. The molecule has 0 bridgehead atoms. The third-order valence-corrected chi connectivity index (χ3v) is 2.63. The summed E-state index contributed by atoms with van der Waals surface area (Å²) in [5.74, 6) is -0.895. The summed E-state index contributed by atoms with van der Waals surface area (Å²) in [6.07, 6.45) is 0. The van der Waals surface area contributed by atoms with Crippen molar-refractivity contribution in [3.63, 3.8) is 0 Å². The molecule has 0 saturated carbocycles. The molecule has 82 valence electrons. The number of hydrogen-bond donors (Lipinski definition) is 1. The van der Waals surface area contributed by atoms with Gasteiger partial charge in [-0.15, -0.1) is 0 Å². The average Bonchev–Trinajstić information content (AvgIpc) is 2.13. The summed E-state index contributed by atoms with van der Waals surface area (Å²) in [5, 5.41) is 9.82. The van der Waals surface area contributed by atoms with Gasteiger partial charge in [-0.25, -0.2) is 4.79 Å². The first-order chi connectivity index (χ1) is 6.91. The van der Waals surface area contributed by atoms with Crippen molar-refractivity contribution in [3.05, 3.63) is 28.2 Å². The van der Waals surface area contributed by atoms with E-state index in [1.165, 1.54) is 0 Å². The third-order valence-electron chi connectivity index (χ3n) is 2.19. The van der Waals surface area contributed by atoms with E-state index in [2.05, 4.69) is 0 Å². The zero-order valence-electron chi connectivity index (χ0n) is 8.37. The van der Waals surface area contributed by atoms with Gasteiger partial charge >= 0.3 is 5.97 Å². The maximum absolute atomic E-state index is 10.8. The molecule has 0 heterocycles. The Balaban J connectivity index is 3.00. The molecule has 0 radical (unpaired) electrons. The van der Waals surface area contributed by atoms with Crippen molar-refractivity contribution in [2.24, 2.45) is 0 Å². The van der Waals surface area contributed by atoms with Crippen molar-refractivity contribution < 1.29 is 9.90 Å². The summed E-state index contributed by atoms with van der Waals surface area (Å²) in [4.78, 5) is 12.4. The molecule has 0 unspecified atom stereocenters. The molecule has 0 saturated heterocycles. The van der Waals surface area contributed by atoms with Gasteiger partial charge in [0.2, 0.25) is 0 Å². The van der Waals surface area contributed by atoms with Gasteiger partial charge in [-0.2, -0.15) is 0 Å². The van der Waals surface area contributed by atoms with Crippen molar-refractivity contribution in [2.75, 3.05) is 11.9 Å². The van der Waals surface area contributed by atoms with Gasteiger partial charge < -0.3 is 10.0 Å². The first kappa shape index (κ1) is 12.1. The Labute approximate surface area is 98.2 Å². The zero-order valence-corrected chi connectivity index (χ0v) is 9.88. The number of anilines is 1. The Bertz CT molecular complexity index is 361. The van der Waals surface area contributed by atoms with E-state index < -0.39 is 12.0 Å². The Morgan fingerprint density at radius 1 is 1.33 bits per heavy atom. The summed E-state index contributed by atoms with van der Waals surface area (Å²) in [5.41, 5.74) is 0.683. The van der Waals surface area contributed by atoms with Crippen LogP contribution in [0.1, 0.15) is 6.92 Å². The van der Waals surface area contributed by atoms with E-state index in [9.17, 15) is 4.79 Å². The van der Waals surface area contributed by atoms with Crippen LogP contribution in [-0.4, -0.2) is 24.2 Å². The van der Waals surface area contributed by atoms with Crippen LogP contribution in [0.2, 0.25) is 10.0 Å². The fourth-order valence-electron chi connectivity index (χ4n) is 1.13. The highest BCUT2D eigenvalue weighted by Crippen LogP contribution is 2.25. The molecular formula is C10H11Cl2NO2. The van der Waals surface area contributed by atoms with Gasteiger partial charge in [0.25, 0.3) is 0 Å². The highest BCUT2D eigenvalue weighted by atomic mass is 35.5. The smallest absolute Gasteiger partial charge is 0.326 e. The van der Waals surface area contributed by atoms with Crippen LogP contribution < -0.4 is 4.90 Å². The van der Waals surface area contributed by atoms with Gasteiger partial charge in [0.15, 0.2) is 0 Å². The number of hydrogen-bond acceptors (Lipinski definition) is 2. The Morgan fingerprint density at radius 2 is 1.80 bits per heavy atom. The lowest BCUT2D eigenvalue weighted by molar-refractivity contribution is -0.138. The molecule has 3 nitrogen and oxygen atoms in total. The SMILES string of the molecule is C[C@@H](C(=O)O)N(C)c1cc(Cl)cc(Cl)c1. The number of carbonyl (C=O) groups is 1. The number of carboxylic acids is 1. The number of halogens is 2. The number of benzene rings is 1. The molecule has 15 heavy (non-hydrogen) atoms. The van der Waals surface area contributed by atoms with Gasteiger partial charge in [0.05, 0.1) is 0 Å². The van der Waals surface area contributed by atoms with E-state index in [4.69, 9.17) is 28.3 Å². The van der Waals surface area contributed by atoms with Crippen LogP contribution in [-0.2, 0) is 4.79 Å². The number of carboxylic acid groups (broad SMARTS) is 1. The van der Waals surface area contributed by atoms with Crippen molar-refractivity contribution in [2.45, 2.75) is 13.0 Å². The van der Waals surface area contributed by atoms with E-state index in [1.54, 1.807) is 37.1 Å². The molecule has 1 rings (SSSR count). The fraction of sp³-hybridized carbons (Fsp3) is 0.300. The molecule has 0 fully saturated rings. The van der Waals surface area contributed by atoms with Crippen LogP contribution in [0.5, 0.6) is 0 Å². The molecule has 0 spiro atoms. The third kappa shape index (κ3) is 3.01. The van der Waals surface area contributed by atoms with E-state index in [0.29, 0.717) is 15.7 Å². The van der Waals surface area contributed by atoms with Gasteiger partial charge in [0, 0.05) is 22.8 Å². The summed E-state index contributed by atoms with van der Waals surface area (Å²) in [7, 11) is 1.68. The Morgan fingerprint density at radius 3 is 2.20 bits per heavy atom. The van der Waals surface area contributed by atoms with Crippen LogP contribution >= 0.6 is 23.2 Å². The average molecular weight is 248 g/mol. The van der Waals surface area contributed by atoms with E-state index in [-0.39, 0.29) is 0 Å². The number of nitrogens with zero attached hydrogens (tertiary/aromatic N) is 1. The fourth-order valence-corrected chi connectivity index (χ4v) is 1.65. The van der Waals surface area contributed by atoms with Crippen molar-refractivity contribution in [3.8, 4) is 0 Å². The van der Waals surface area contributed by atoms with Gasteiger partial charge in [-0.1, -0.05) is 23.2 Å². The van der Waals surface area contributed by atoms with Gasteiger partial charge in [-0.05, 0) is 25.1 Å². The molecule has 5 heteroatoms. The van der Waals surface area contributed by atoms with Gasteiger partial charge in [-0.3, -0.25) is 0 Å². The summed E-state index contributed by atoms with van der Waals surface area (Å²) in [6.45, 7) is 1.59. The standard InChI is InChI=1S/C10H11Cl2NO2/c1-6(10(14)15)13(2)9-4-7(11)3-8(12)5-9/h3-6H,1-2H3,(H,14,15)/t6-/m0/s1. The predicted octanol–water partition coefficient (Wildman–Crippen LogP) is 2.90. The van der Waals surface area contributed by atoms with Crippen LogP contribution in [0.4, 0.5) is 5.69 Å². The Hall–Kier alpha value is -0.930. The lowest BCUT2D eigenvalue weighted by Gasteiger charge is -2.23. The molecule has 1 aromatic carbocycles. The monoisotopic (exact) mass is 247 g/mol. The van der Waals surface area contributed by atoms with Gasteiger partial charge in [0.1, 0.15) is 6.04 Å². The normalized spacial score (nSPS) is 12.3. The minimum absolute atomic E-state index is 0.488. The number of aliphatic carboxylic acids is 1. The Kier molecular flexibility index (Phi) is 3.83. The molecule has 1 aromatic rings. The number of rotatable bonds is 3. The van der Waals surface area contributed by atoms with Crippen molar-refractivity contribution in [1.82, 2.24) is 0 Å². The van der Waals surface area contributed by atoms with E-state index in [0.717, 1.165) is 0 Å². The van der Waals surface area contributed by atoms with Crippen LogP contribution in [0.15, 0.2) is 18.2 Å². The summed E-state index contributed by atoms with van der Waals surface area (Å²) >= 11 is 11.6. The van der Waals surface area contributed by atoms with E-state index >= 15 is 0 Å². The molecule has 0 amide bonds. The maximum Gasteiger partial charge on any atom is 0.326 e. The zero-order chi connectivity index (χ0) is 11.6. The second-order valence-corrected chi connectivity index (χ2v) is 4.13. The molecule has 0 aliphatic heterocycles. The highest BCUT2D eigenvalue weighted by molar-refractivity contribution is 6.35. The quantitative estimate of drug-likeness (QED) is 0.893. The second kappa shape index (κ2) is 4.73. The highest BCUT2D eigenvalue weighted by Gasteiger charge is 2.17. The lowest BCUT2D eigenvalue weighted by atomic mass is 10.2. The molecule has 1 N–H and O–H groups in total. The molecule has 0 aliphatic carbocycles. The summed E-state index contributed by atoms with van der Waals surface area (Å²) < 4.78 is 0. The minimum atomic E-state index is -0.895. The number of likely N-dealkylation sites (N-methyl/N-ethyl adjacent to an activating group) is 1. The molecule has 1 atom stereocenters. The molecular weight excluding hydrogens is 237 g/mol. The van der Waals surface area contributed by atoms with Crippen LogP contribution in [0.25, 0.3) is 0 Å². The van der Waals surface area contributed by atoms with Crippen molar-refractivity contribution in [1.29, 1.82) is 0 Å².